The molecule has 0 radical (unpaired) electrons. The number of carbonyl (C=O) groups is 1. The van der Waals surface area contributed by atoms with Crippen molar-refractivity contribution in [1.29, 1.82) is 0 Å². The largest absolute Gasteiger partial charge is 0.394 e. The Morgan fingerprint density at radius 1 is 0.450 bits per heavy atom. The Morgan fingerprint density at radius 2 is 0.825 bits per heavy atom. The first kappa shape index (κ1) is 74.3. The number of amides is 1. The topological polar surface area (TPSA) is 228 Å². The maximum Gasteiger partial charge on any atom is 0.220 e. The first-order valence-electron chi connectivity index (χ1n) is 33.2. The second-order valence-corrected chi connectivity index (χ2v) is 23.6. The summed E-state index contributed by atoms with van der Waals surface area (Å²) < 4.78 is 22.8. The van der Waals surface area contributed by atoms with Gasteiger partial charge in [-0.3, -0.25) is 4.79 Å². The Balaban J connectivity index is 1.65. The summed E-state index contributed by atoms with van der Waals surface area (Å²) in [6.07, 6.45) is 47.7. The van der Waals surface area contributed by atoms with E-state index in [9.17, 15) is 45.6 Å². The van der Waals surface area contributed by atoms with E-state index in [1.54, 1.807) is 6.08 Å². The number of allylic oxidation sites excluding steroid dienone is 5. The molecule has 14 heteroatoms. The quantitative estimate of drug-likeness (QED) is 0.0204. The van der Waals surface area contributed by atoms with Crippen LogP contribution in [-0.4, -0.2) is 140 Å². The smallest absolute Gasteiger partial charge is 0.220 e. The molecular weight excluding hydrogens is 1010 g/mol. The van der Waals surface area contributed by atoms with Gasteiger partial charge in [-0.05, 0) is 51.4 Å². The molecule has 0 bridgehead atoms. The van der Waals surface area contributed by atoms with Gasteiger partial charge in [-0.1, -0.05) is 262 Å². The number of aliphatic hydroxyl groups excluding tert-OH is 8. The number of hydrogen-bond donors (Lipinski definition) is 9. The molecule has 2 rings (SSSR count). The van der Waals surface area contributed by atoms with Crippen molar-refractivity contribution in [2.45, 2.75) is 357 Å². The molecule has 0 aromatic carbocycles. The molecule has 0 aromatic rings. The van der Waals surface area contributed by atoms with E-state index in [0.717, 1.165) is 44.9 Å². The molecule has 470 valence electrons. The molecule has 9 N–H and O–H groups in total. The Labute approximate surface area is 487 Å². The first-order chi connectivity index (χ1) is 39.1. The predicted molar refractivity (Wildman–Crippen MR) is 323 cm³/mol. The Kier molecular flexibility index (Phi) is 47.9. The molecule has 0 aromatic heterocycles. The van der Waals surface area contributed by atoms with E-state index in [-0.39, 0.29) is 18.9 Å². The van der Waals surface area contributed by atoms with Crippen molar-refractivity contribution in [3.8, 4) is 0 Å². The fourth-order valence-corrected chi connectivity index (χ4v) is 11.0. The molecule has 0 aliphatic carbocycles. The van der Waals surface area contributed by atoms with E-state index >= 15 is 0 Å². The standard InChI is InChI=1S/C66H123NO13/c1-3-5-7-9-11-13-15-17-19-20-21-22-23-24-25-26-27-28-29-30-31-32-33-34-36-38-40-42-44-46-48-50-58(71)67-54(55(70)49-47-45-43-41-39-37-35-18-16-14-12-10-8-6-4-2)53-77-65-63(76)61(74)64(57(52-69)79-65)80-66-62(75)60(73)59(72)56(51-68)78-66/h15,17,20-21,47,49,54-57,59-66,68-70,72-76H,3-14,16,18-19,22-46,48,50-53H2,1-2H3,(H,67,71)/b17-15-,21-20-,49-47+. The van der Waals surface area contributed by atoms with Gasteiger partial charge in [0.25, 0.3) is 0 Å². The van der Waals surface area contributed by atoms with Crippen LogP contribution in [0.2, 0.25) is 0 Å². The summed E-state index contributed by atoms with van der Waals surface area (Å²) in [5, 5.41) is 87.2. The summed E-state index contributed by atoms with van der Waals surface area (Å²) in [5.41, 5.74) is 0. The fourth-order valence-electron chi connectivity index (χ4n) is 11.0. The minimum absolute atomic E-state index is 0.235. The predicted octanol–water partition coefficient (Wildman–Crippen LogP) is 12.6. The number of hydrogen-bond acceptors (Lipinski definition) is 13. The summed E-state index contributed by atoms with van der Waals surface area (Å²) in [5.74, 6) is -0.235. The zero-order chi connectivity index (χ0) is 58.1. The third-order valence-electron chi connectivity index (χ3n) is 16.3. The van der Waals surface area contributed by atoms with E-state index in [1.165, 1.54) is 212 Å². The van der Waals surface area contributed by atoms with E-state index in [2.05, 4.69) is 43.5 Å². The van der Waals surface area contributed by atoms with Crippen LogP contribution in [-0.2, 0) is 23.7 Å². The molecule has 2 aliphatic heterocycles. The van der Waals surface area contributed by atoms with Gasteiger partial charge in [0.1, 0.15) is 48.8 Å². The van der Waals surface area contributed by atoms with Crippen LogP contribution in [0.4, 0.5) is 0 Å². The molecule has 2 fully saturated rings. The van der Waals surface area contributed by atoms with Crippen molar-refractivity contribution in [2.75, 3.05) is 19.8 Å². The highest BCUT2D eigenvalue weighted by atomic mass is 16.7. The van der Waals surface area contributed by atoms with Gasteiger partial charge in [-0.15, -0.1) is 0 Å². The molecule has 2 heterocycles. The van der Waals surface area contributed by atoms with Crippen LogP contribution in [0.1, 0.15) is 284 Å². The normalized spacial score (nSPS) is 24.4. The lowest BCUT2D eigenvalue weighted by atomic mass is 9.97. The van der Waals surface area contributed by atoms with Gasteiger partial charge < -0.3 is 65.1 Å². The summed E-state index contributed by atoms with van der Waals surface area (Å²) in [7, 11) is 0. The summed E-state index contributed by atoms with van der Waals surface area (Å²) in [6, 6.07) is -0.913. The summed E-state index contributed by atoms with van der Waals surface area (Å²) >= 11 is 0. The SMILES string of the molecule is CCCCCCC/C=C\C/C=C\CCCCCCCCCCCCCCCCCCCCCC(=O)NC(COC1OC(CO)C(OC2OC(CO)C(O)C(O)C2O)C(O)C1O)C(O)/C=C/CCCCCCCCCCCCCCC. The van der Waals surface area contributed by atoms with E-state index < -0.39 is 86.8 Å². The van der Waals surface area contributed by atoms with Gasteiger partial charge in [-0.2, -0.15) is 0 Å². The van der Waals surface area contributed by atoms with Gasteiger partial charge in [0.15, 0.2) is 12.6 Å². The number of unbranched alkanes of at least 4 members (excludes halogenated alkanes) is 37. The average Bonchev–Trinajstić information content (AvgIpc) is 3.46. The highest BCUT2D eigenvalue weighted by Gasteiger charge is 2.51. The second kappa shape index (κ2) is 51.6. The fraction of sp³-hybridized carbons (Fsp3) is 0.894. The lowest BCUT2D eigenvalue weighted by molar-refractivity contribution is -0.359. The highest BCUT2D eigenvalue weighted by molar-refractivity contribution is 5.76. The maximum atomic E-state index is 13.3. The molecule has 2 aliphatic rings. The first-order valence-corrected chi connectivity index (χ1v) is 33.2. The molecule has 1 amide bonds. The molecule has 12 unspecified atom stereocenters. The highest BCUT2D eigenvalue weighted by Crippen LogP contribution is 2.30. The van der Waals surface area contributed by atoms with Gasteiger partial charge in [0.2, 0.25) is 5.91 Å². The number of carbonyl (C=O) groups excluding carboxylic acids is 1. The number of aliphatic hydroxyl groups is 8. The Bertz CT molecular complexity index is 1480. The van der Waals surface area contributed by atoms with Crippen molar-refractivity contribution < 1.29 is 64.6 Å². The van der Waals surface area contributed by atoms with Crippen molar-refractivity contribution in [3.63, 3.8) is 0 Å². The molecule has 2 saturated heterocycles. The van der Waals surface area contributed by atoms with Crippen molar-refractivity contribution in [3.05, 3.63) is 36.5 Å². The van der Waals surface area contributed by atoms with Crippen LogP contribution in [0.25, 0.3) is 0 Å². The molecule has 0 saturated carbocycles. The van der Waals surface area contributed by atoms with Crippen molar-refractivity contribution in [1.82, 2.24) is 5.32 Å². The summed E-state index contributed by atoms with van der Waals surface area (Å²) in [6.45, 7) is 2.81. The monoisotopic (exact) mass is 1140 g/mol. The van der Waals surface area contributed by atoms with Crippen molar-refractivity contribution >= 4 is 5.91 Å². The van der Waals surface area contributed by atoms with Crippen LogP contribution in [0.15, 0.2) is 36.5 Å². The lowest BCUT2D eigenvalue weighted by Gasteiger charge is -2.46. The number of rotatable bonds is 54. The molecule has 80 heavy (non-hydrogen) atoms. The van der Waals surface area contributed by atoms with Crippen molar-refractivity contribution in [2.24, 2.45) is 0 Å². The minimum atomic E-state index is -1.79. The van der Waals surface area contributed by atoms with Crippen LogP contribution in [0.3, 0.4) is 0 Å². The average molecular weight is 1140 g/mol. The third kappa shape index (κ3) is 36.1. The van der Waals surface area contributed by atoms with Gasteiger partial charge in [0, 0.05) is 6.42 Å². The van der Waals surface area contributed by atoms with Crippen LogP contribution < -0.4 is 5.32 Å². The molecule has 12 atom stereocenters. The van der Waals surface area contributed by atoms with Crippen LogP contribution >= 0.6 is 0 Å². The second-order valence-electron chi connectivity index (χ2n) is 23.6. The lowest BCUT2D eigenvalue weighted by Crippen LogP contribution is -2.65. The molecule has 0 spiro atoms. The maximum absolute atomic E-state index is 13.3. The molecular formula is C66H123NO13. The number of nitrogens with one attached hydrogen (secondary N) is 1. The van der Waals surface area contributed by atoms with Gasteiger partial charge >= 0.3 is 0 Å². The summed E-state index contributed by atoms with van der Waals surface area (Å²) in [4.78, 5) is 13.3. The van der Waals surface area contributed by atoms with E-state index in [0.29, 0.717) is 6.42 Å². The zero-order valence-electron chi connectivity index (χ0n) is 50.8. The van der Waals surface area contributed by atoms with E-state index in [1.807, 2.05) is 6.08 Å². The zero-order valence-corrected chi connectivity index (χ0v) is 50.8. The van der Waals surface area contributed by atoms with E-state index in [4.69, 9.17) is 18.9 Å². The van der Waals surface area contributed by atoms with Crippen LogP contribution in [0.5, 0.6) is 0 Å². The Morgan fingerprint density at radius 3 is 1.25 bits per heavy atom. The van der Waals surface area contributed by atoms with Crippen LogP contribution in [0, 0.1) is 0 Å². The van der Waals surface area contributed by atoms with Gasteiger partial charge in [0.05, 0.1) is 32.0 Å². The van der Waals surface area contributed by atoms with Gasteiger partial charge in [-0.25, -0.2) is 0 Å². The number of ether oxygens (including phenoxy) is 4. The third-order valence-corrected chi connectivity index (χ3v) is 16.3. The Hall–Kier alpha value is -1.79. The molecule has 14 nitrogen and oxygen atoms in total. The minimum Gasteiger partial charge on any atom is -0.394 e.